The molecule has 1 unspecified atom stereocenters. The molecule has 0 saturated heterocycles. The predicted molar refractivity (Wildman–Crippen MR) is 137 cm³/mol. The Morgan fingerprint density at radius 3 is 2.43 bits per heavy atom. The van der Waals surface area contributed by atoms with Crippen LogP contribution >= 0.6 is 23.2 Å². The Hall–Kier alpha value is -3.32. The van der Waals surface area contributed by atoms with E-state index in [0.29, 0.717) is 27.9 Å². The lowest BCUT2D eigenvalue weighted by atomic mass is 10.1. The molecule has 0 aliphatic carbocycles. The minimum absolute atomic E-state index is 0.0691. The van der Waals surface area contributed by atoms with Crippen LogP contribution in [0.2, 0.25) is 10.0 Å². The van der Waals surface area contributed by atoms with E-state index in [1.807, 2.05) is 36.4 Å². The highest BCUT2D eigenvalue weighted by Crippen LogP contribution is 2.35. The number of hydrogen-bond acceptors (Lipinski definition) is 6. The van der Waals surface area contributed by atoms with E-state index in [1.165, 1.54) is 6.07 Å². The number of para-hydroxylation sites is 1. The second kappa shape index (κ2) is 11.0. The van der Waals surface area contributed by atoms with Gasteiger partial charge in [0.05, 0.1) is 22.0 Å². The van der Waals surface area contributed by atoms with Crippen LogP contribution in [0.25, 0.3) is 22.3 Å². The van der Waals surface area contributed by atoms with Crippen LogP contribution in [-0.4, -0.2) is 18.6 Å². The summed E-state index contributed by atoms with van der Waals surface area (Å²) in [6.45, 7) is 2.04. The molecule has 0 aliphatic rings. The lowest BCUT2D eigenvalue weighted by Crippen LogP contribution is -2.34. The van der Waals surface area contributed by atoms with Gasteiger partial charge in [-0.1, -0.05) is 65.7 Å². The standard InChI is InChI=1S/C27H23Cl2NO5/c1-2-33-27(32)22(30)13-16-11-20(28)26(21(29)12-16)34-15-18-9-6-10-19-23(31)14-24(35-25(18)19)17-7-4-3-5-8-17/h3-12,14,22H,2,13,15,30H2,1H3. The van der Waals surface area contributed by atoms with Gasteiger partial charge in [0, 0.05) is 17.2 Å². The molecule has 1 heterocycles. The van der Waals surface area contributed by atoms with Crippen molar-refractivity contribution in [2.75, 3.05) is 6.61 Å². The van der Waals surface area contributed by atoms with Gasteiger partial charge in [0.25, 0.3) is 0 Å². The number of ether oxygens (including phenoxy) is 2. The molecule has 6 nitrogen and oxygen atoms in total. The highest BCUT2D eigenvalue weighted by Gasteiger charge is 2.18. The van der Waals surface area contributed by atoms with Gasteiger partial charge in [-0.25, -0.2) is 0 Å². The molecule has 2 N–H and O–H groups in total. The van der Waals surface area contributed by atoms with Crippen LogP contribution in [0.15, 0.2) is 75.9 Å². The van der Waals surface area contributed by atoms with Crippen molar-refractivity contribution in [3.05, 3.63) is 98.1 Å². The summed E-state index contributed by atoms with van der Waals surface area (Å²) in [7, 11) is 0. The maximum Gasteiger partial charge on any atom is 0.323 e. The summed E-state index contributed by atoms with van der Waals surface area (Å²) in [4.78, 5) is 24.6. The van der Waals surface area contributed by atoms with Gasteiger partial charge in [-0.15, -0.1) is 0 Å². The van der Waals surface area contributed by atoms with Crippen LogP contribution in [0.5, 0.6) is 5.75 Å². The highest BCUT2D eigenvalue weighted by molar-refractivity contribution is 6.37. The molecule has 0 aliphatic heterocycles. The van der Waals surface area contributed by atoms with Gasteiger partial charge in [-0.2, -0.15) is 0 Å². The number of nitrogens with two attached hydrogens (primary N) is 1. The van der Waals surface area contributed by atoms with E-state index in [-0.39, 0.29) is 40.9 Å². The highest BCUT2D eigenvalue weighted by atomic mass is 35.5. The van der Waals surface area contributed by atoms with Crippen LogP contribution in [-0.2, 0) is 22.6 Å². The average molecular weight is 512 g/mol. The van der Waals surface area contributed by atoms with E-state index >= 15 is 0 Å². The maximum atomic E-state index is 12.7. The molecule has 0 spiro atoms. The number of rotatable bonds is 8. The second-order valence-corrected chi connectivity index (χ2v) is 8.69. The van der Waals surface area contributed by atoms with Crippen molar-refractivity contribution >= 4 is 40.1 Å². The Kier molecular flexibility index (Phi) is 7.76. The lowest BCUT2D eigenvalue weighted by molar-refractivity contribution is -0.144. The Morgan fingerprint density at radius 2 is 1.74 bits per heavy atom. The third kappa shape index (κ3) is 5.68. The van der Waals surface area contributed by atoms with Crippen molar-refractivity contribution in [2.45, 2.75) is 26.0 Å². The summed E-state index contributed by atoms with van der Waals surface area (Å²) in [5, 5.41) is 0.997. The molecule has 4 aromatic rings. The molecular weight excluding hydrogens is 489 g/mol. The monoisotopic (exact) mass is 511 g/mol. The fraction of sp³-hybridized carbons (Fsp3) is 0.185. The molecule has 0 amide bonds. The van der Waals surface area contributed by atoms with Crippen LogP contribution in [0, 0.1) is 0 Å². The first-order chi connectivity index (χ1) is 16.9. The van der Waals surface area contributed by atoms with Crippen molar-refractivity contribution in [1.82, 2.24) is 0 Å². The van der Waals surface area contributed by atoms with E-state index in [9.17, 15) is 9.59 Å². The number of carbonyl (C=O) groups excluding carboxylic acids is 1. The van der Waals surface area contributed by atoms with Crippen LogP contribution in [0.1, 0.15) is 18.1 Å². The minimum atomic E-state index is -0.828. The van der Waals surface area contributed by atoms with Gasteiger partial charge in [0.2, 0.25) is 0 Å². The van der Waals surface area contributed by atoms with Crippen LogP contribution < -0.4 is 15.9 Å². The van der Waals surface area contributed by atoms with Crippen molar-refractivity contribution in [3.63, 3.8) is 0 Å². The van der Waals surface area contributed by atoms with Crippen molar-refractivity contribution in [1.29, 1.82) is 0 Å². The van der Waals surface area contributed by atoms with Crippen molar-refractivity contribution in [3.8, 4) is 17.1 Å². The van der Waals surface area contributed by atoms with E-state index in [4.69, 9.17) is 42.8 Å². The molecule has 35 heavy (non-hydrogen) atoms. The van der Waals surface area contributed by atoms with Gasteiger partial charge in [-0.3, -0.25) is 9.59 Å². The number of esters is 1. The zero-order valence-electron chi connectivity index (χ0n) is 18.9. The SMILES string of the molecule is CCOC(=O)C(N)Cc1cc(Cl)c(OCc2cccc3c(=O)cc(-c4ccccc4)oc23)c(Cl)c1. The molecule has 3 aromatic carbocycles. The zero-order chi connectivity index (χ0) is 24.9. The largest absolute Gasteiger partial charge is 0.486 e. The number of halogens is 2. The molecule has 8 heteroatoms. The van der Waals surface area contributed by atoms with Gasteiger partial charge in [-0.05, 0) is 37.1 Å². The number of hydrogen-bond donors (Lipinski definition) is 1. The van der Waals surface area contributed by atoms with E-state index in [0.717, 1.165) is 5.56 Å². The molecule has 0 radical (unpaired) electrons. The van der Waals surface area contributed by atoms with E-state index < -0.39 is 12.0 Å². The first-order valence-corrected chi connectivity index (χ1v) is 11.8. The predicted octanol–water partition coefficient (Wildman–Crippen LogP) is 5.78. The molecule has 1 atom stereocenters. The fourth-order valence-electron chi connectivity index (χ4n) is 3.70. The molecule has 0 bridgehead atoms. The quantitative estimate of drug-likeness (QED) is 0.301. The van der Waals surface area contributed by atoms with Crippen molar-refractivity contribution < 1.29 is 18.7 Å². The summed E-state index contributed by atoms with van der Waals surface area (Å²) in [5.41, 5.74) is 8.32. The molecule has 0 saturated carbocycles. The fourth-order valence-corrected chi connectivity index (χ4v) is 4.34. The summed E-state index contributed by atoms with van der Waals surface area (Å²) >= 11 is 12.9. The first-order valence-electron chi connectivity index (χ1n) is 11.0. The minimum Gasteiger partial charge on any atom is -0.486 e. The van der Waals surface area contributed by atoms with Gasteiger partial charge in [0.15, 0.2) is 11.2 Å². The second-order valence-electron chi connectivity index (χ2n) is 7.87. The molecule has 4 rings (SSSR count). The number of fused-ring (bicyclic) bond motifs is 1. The summed E-state index contributed by atoms with van der Waals surface area (Å²) < 4.78 is 17.0. The smallest absolute Gasteiger partial charge is 0.323 e. The number of carbonyl (C=O) groups is 1. The van der Waals surface area contributed by atoms with E-state index in [1.54, 1.807) is 31.2 Å². The third-order valence-corrected chi connectivity index (χ3v) is 5.93. The van der Waals surface area contributed by atoms with Gasteiger partial charge >= 0.3 is 5.97 Å². The van der Waals surface area contributed by atoms with Crippen molar-refractivity contribution in [2.24, 2.45) is 5.73 Å². The van der Waals surface area contributed by atoms with Gasteiger partial charge < -0.3 is 19.6 Å². The van der Waals surface area contributed by atoms with Crippen LogP contribution in [0.4, 0.5) is 0 Å². The summed E-state index contributed by atoms with van der Waals surface area (Å²) in [6, 6.07) is 18.6. The number of benzene rings is 3. The average Bonchev–Trinajstić information content (AvgIpc) is 2.84. The third-order valence-electron chi connectivity index (χ3n) is 5.37. The maximum absolute atomic E-state index is 12.7. The lowest BCUT2D eigenvalue weighted by Gasteiger charge is -2.15. The molecule has 0 fully saturated rings. The Balaban J connectivity index is 1.59. The molecule has 180 valence electrons. The van der Waals surface area contributed by atoms with E-state index in [2.05, 4.69) is 0 Å². The Morgan fingerprint density at radius 1 is 1.03 bits per heavy atom. The molecular formula is C27H23Cl2NO5. The summed E-state index contributed by atoms with van der Waals surface area (Å²) in [6.07, 6.45) is 0.218. The zero-order valence-corrected chi connectivity index (χ0v) is 20.4. The molecule has 1 aromatic heterocycles. The van der Waals surface area contributed by atoms with Gasteiger partial charge in [0.1, 0.15) is 24.0 Å². The topological polar surface area (TPSA) is 91.8 Å². The van der Waals surface area contributed by atoms with Crippen LogP contribution in [0.3, 0.4) is 0 Å². The first kappa shape index (κ1) is 24.8. The Labute approximate surface area is 212 Å². The summed E-state index contributed by atoms with van der Waals surface area (Å²) in [5.74, 6) is 0.252. The normalized spacial score (nSPS) is 11.9. The Bertz CT molecular complexity index is 1400.